The summed E-state index contributed by atoms with van der Waals surface area (Å²) >= 11 is 6.58. The lowest BCUT2D eigenvalue weighted by Gasteiger charge is -2.07. The summed E-state index contributed by atoms with van der Waals surface area (Å²) in [7, 11) is 0. The molecule has 9 heteroatoms. The molecule has 1 aliphatic rings. The summed E-state index contributed by atoms with van der Waals surface area (Å²) in [5, 5.41) is 14.6. The van der Waals surface area contributed by atoms with Crippen LogP contribution in [0.1, 0.15) is 4.88 Å². The van der Waals surface area contributed by atoms with Crippen LogP contribution in [-0.4, -0.2) is 21.5 Å². The Morgan fingerprint density at radius 1 is 1.18 bits per heavy atom. The first-order valence-corrected chi connectivity index (χ1v) is 9.34. The molecule has 2 aromatic carbocycles. The second-order valence-corrected chi connectivity index (χ2v) is 7.37. The predicted molar refractivity (Wildman–Crippen MR) is 105 cm³/mol. The molecule has 0 aliphatic carbocycles. The Labute approximate surface area is 166 Å². The summed E-state index contributed by atoms with van der Waals surface area (Å²) in [4.78, 5) is 40.4. The van der Waals surface area contributed by atoms with Gasteiger partial charge in [0, 0.05) is 15.9 Å². The first-order valence-electron chi connectivity index (χ1n) is 8.15. The Morgan fingerprint density at radius 2 is 1.96 bits per heavy atom. The number of halogens is 1. The Balaban J connectivity index is 1.68. The van der Waals surface area contributed by atoms with Gasteiger partial charge in [-0.15, -0.1) is 0 Å². The van der Waals surface area contributed by atoms with Crippen LogP contribution >= 0.6 is 22.9 Å². The number of amides is 2. The summed E-state index contributed by atoms with van der Waals surface area (Å²) < 4.78 is 0.918. The Bertz CT molecular complexity index is 1310. The Morgan fingerprint density at radius 3 is 2.75 bits per heavy atom. The number of thiazole rings is 1. The van der Waals surface area contributed by atoms with E-state index in [1.165, 1.54) is 0 Å². The number of benzene rings is 2. The summed E-state index contributed by atoms with van der Waals surface area (Å²) in [5.41, 5.74) is 0.623. The van der Waals surface area contributed by atoms with Gasteiger partial charge in [-0.05, 0) is 24.3 Å². The lowest BCUT2D eigenvalue weighted by Crippen LogP contribution is -2.24. The summed E-state index contributed by atoms with van der Waals surface area (Å²) in [5.74, 6) is -1.49. The molecular weight excluding hydrogens is 402 g/mol. The predicted octanol–water partition coefficient (Wildman–Crippen LogP) is 1.27. The molecule has 0 fully saturated rings. The maximum absolute atomic E-state index is 12.3. The highest BCUT2D eigenvalue weighted by Gasteiger charge is 2.26. The maximum Gasteiger partial charge on any atom is 0.311 e. The Hall–Kier alpha value is -3.23. The van der Waals surface area contributed by atoms with E-state index in [1.807, 2.05) is 0 Å². The van der Waals surface area contributed by atoms with Crippen molar-refractivity contribution in [1.82, 2.24) is 4.57 Å². The number of carbonyl (C=O) groups excluding carboxylic acids is 2. The second kappa shape index (κ2) is 7.06. The number of aromatic nitrogens is 1. The Kier molecular flexibility index (Phi) is 4.58. The maximum atomic E-state index is 12.3. The van der Waals surface area contributed by atoms with Gasteiger partial charge in [-0.2, -0.15) is 0 Å². The zero-order valence-corrected chi connectivity index (χ0v) is 15.8. The quantitative estimate of drug-likeness (QED) is 0.672. The first kappa shape index (κ1) is 18.1. The molecule has 2 N–H and O–H groups in total. The standard InChI is InChI=1S/C19H12ClN3O4S/c20-10-4-3-5-11(8-10)21-14(24)9-23-18(26)16(28-19(23)27)15-12-6-1-2-7-13(12)22-17(15)25/h1-8,26H,9H2,(H,21,24). The highest BCUT2D eigenvalue weighted by molar-refractivity contribution is 7.11. The van der Waals surface area contributed by atoms with Crippen molar-refractivity contribution in [3.63, 3.8) is 0 Å². The van der Waals surface area contributed by atoms with Crippen molar-refractivity contribution < 1.29 is 14.7 Å². The molecular formula is C19H12ClN3O4S. The molecule has 0 radical (unpaired) electrons. The van der Waals surface area contributed by atoms with Crippen molar-refractivity contribution in [2.45, 2.75) is 6.54 Å². The van der Waals surface area contributed by atoms with Crippen LogP contribution in [0.2, 0.25) is 5.02 Å². The van der Waals surface area contributed by atoms with Gasteiger partial charge in [-0.25, -0.2) is 4.99 Å². The molecule has 0 saturated carbocycles. The van der Waals surface area contributed by atoms with E-state index in [4.69, 9.17) is 11.6 Å². The number of aromatic hydroxyl groups is 1. The molecule has 1 aromatic heterocycles. The summed E-state index contributed by atoms with van der Waals surface area (Å²) in [6.45, 7) is -0.409. The highest BCUT2D eigenvalue weighted by atomic mass is 35.5. The third-order valence-electron chi connectivity index (χ3n) is 4.11. The molecule has 2 amide bonds. The lowest BCUT2D eigenvalue weighted by atomic mass is 10.1. The van der Waals surface area contributed by atoms with Gasteiger partial charge in [0.2, 0.25) is 11.8 Å². The van der Waals surface area contributed by atoms with Gasteiger partial charge in [-0.3, -0.25) is 19.0 Å². The zero-order valence-electron chi connectivity index (χ0n) is 14.2. The van der Waals surface area contributed by atoms with Crippen molar-refractivity contribution in [2.75, 3.05) is 5.32 Å². The van der Waals surface area contributed by atoms with Gasteiger partial charge in [0.15, 0.2) is 0 Å². The van der Waals surface area contributed by atoms with Gasteiger partial charge in [0.1, 0.15) is 11.4 Å². The lowest BCUT2D eigenvalue weighted by molar-refractivity contribution is -0.117. The largest absolute Gasteiger partial charge is 0.493 e. The van der Waals surface area contributed by atoms with Crippen LogP contribution in [0.3, 0.4) is 0 Å². The minimum atomic E-state index is -0.557. The molecule has 0 saturated heterocycles. The van der Waals surface area contributed by atoms with E-state index in [1.54, 1.807) is 48.5 Å². The molecule has 3 aromatic rings. The third kappa shape index (κ3) is 3.23. The van der Waals surface area contributed by atoms with E-state index in [0.29, 0.717) is 32.6 Å². The van der Waals surface area contributed by atoms with Gasteiger partial charge in [0.25, 0.3) is 5.91 Å². The normalized spacial score (nSPS) is 12.6. The molecule has 0 bridgehead atoms. The van der Waals surface area contributed by atoms with E-state index >= 15 is 0 Å². The molecule has 2 heterocycles. The van der Waals surface area contributed by atoms with Crippen LogP contribution < -0.4 is 20.8 Å². The van der Waals surface area contributed by atoms with Gasteiger partial charge in [0.05, 0.1) is 10.9 Å². The van der Waals surface area contributed by atoms with Gasteiger partial charge < -0.3 is 10.4 Å². The number of fused-ring (bicyclic) bond motifs is 1. The van der Waals surface area contributed by atoms with E-state index in [2.05, 4.69) is 10.3 Å². The SMILES string of the molecule is O=C(Cn1c(O)c(C2=c3ccccc3=NC2=O)sc1=O)Nc1cccc(Cl)c1. The fourth-order valence-electron chi connectivity index (χ4n) is 2.89. The van der Waals surface area contributed by atoms with Gasteiger partial charge in [-0.1, -0.05) is 47.2 Å². The number of para-hydroxylation sites is 1. The molecule has 1 aliphatic heterocycles. The smallest absolute Gasteiger partial charge is 0.311 e. The first-order chi connectivity index (χ1) is 13.4. The summed E-state index contributed by atoms with van der Waals surface area (Å²) in [6.07, 6.45) is 0. The number of nitrogens with zero attached hydrogens (tertiary/aromatic N) is 2. The van der Waals surface area contributed by atoms with Crippen LogP contribution in [-0.2, 0) is 16.1 Å². The van der Waals surface area contributed by atoms with E-state index in [0.717, 1.165) is 4.57 Å². The van der Waals surface area contributed by atoms with Crippen LogP contribution in [0.5, 0.6) is 5.88 Å². The number of rotatable bonds is 4. The molecule has 0 unspecified atom stereocenters. The van der Waals surface area contributed by atoms with E-state index in [9.17, 15) is 19.5 Å². The van der Waals surface area contributed by atoms with Crippen molar-refractivity contribution in [3.05, 3.63) is 78.7 Å². The zero-order chi connectivity index (χ0) is 19.8. The topological polar surface area (TPSA) is 101 Å². The number of anilines is 1. The molecule has 0 spiro atoms. The summed E-state index contributed by atoms with van der Waals surface area (Å²) in [6, 6.07) is 13.4. The average Bonchev–Trinajstić information content (AvgIpc) is 3.11. The molecule has 0 atom stereocenters. The molecule has 7 nitrogen and oxygen atoms in total. The second-order valence-electron chi connectivity index (χ2n) is 5.97. The van der Waals surface area contributed by atoms with Crippen molar-refractivity contribution in [2.24, 2.45) is 4.99 Å². The highest BCUT2D eigenvalue weighted by Crippen LogP contribution is 2.28. The number of hydrogen-bond acceptors (Lipinski definition) is 5. The minimum Gasteiger partial charge on any atom is -0.493 e. The fourth-order valence-corrected chi connectivity index (χ4v) is 4.02. The number of hydrogen-bond donors (Lipinski definition) is 2. The molecule has 140 valence electrons. The van der Waals surface area contributed by atoms with Crippen molar-refractivity contribution in [1.29, 1.82) is 0 Å². The van der Waals surface area contributed by atoms with Crippen molar-refractivity contribution >= 4 is 46.0 Å². The van der Waals surface area contributed by atoms with Crippen LogP contribution in [0.15, 0.2) is 58.3 Å². The fraction of sp³-hybridized carbons (Fsp3) is 0.0526. The van der Waals surface area contributed by atoms with Crippen LogP contribution in [0.4, 0.5) is 5.69 Å². The minimum absolute atomic E-state index is 0.0965. The number of carbonyl (C=O) groups is 2. The number of nitrogens with one attached hydrogen (secondary N) is 1. The van der Waals surface area contributed by atoms with Crippen molar-refractivity contribution in [3.8, 4) is 5.88 Å². The van der Waals surface area contributed by atoms with Crippen LogP contribution in [0, 0.1) is 0 Å². The third-order valence-corrected chi connectivity index (χ3v) is 5.34. The van der Waals surface area contributed by atoms with E-state index < -0.39 is 29.1 Å². The average molecular weight is 414 g/mol. The van der Waals surface area contributed by atoms with E-state index in [-0.39, 0.29) is 10.5 Å². The van der Waals surface area contributed by atoms with Crippen LogP contribution in [0.25, 0.3) is 5.57 Å². The molecule has 4 rings (SSSR count). The van der Waals surface area contributed by atoms with Gasteiger partial charge >= 0.3 is 4.87 Å². The monoisotopic (exact) mass is 413 g/mol. The molecule has 28 heavy (non-hydrogen) atoms.